The van der Waals surface area contributed by atoms with Crippen LogP contribution in [0.2, 0.25) is 0 Å². The fraction of sp³-hybridized carbons (Fsp3) is 0. The third-order valence-electron chi connectivity index (χ3n) is 2.34. The predicted octanol–water partition coefficient (Wildman–Crippen LogP) is 3.78. The van der Waals surface area contributed by atoms with Gasteiger partial charge in [0.1, 0.15) is 0 Å². The van der Waals surface area contributed by atoms with E-state index in [9.17, 15) is 4.79 Å². The molecule has 0 amide bonds. The summed E-state index contributed by atoms with van der Waals surface area (Å²) < 4.78 is 0. The molecule has 0 saturated heterocycles. The van der Waals surface area contributed by atoms with Crippen molar-refractivity contribution in [1.29, 1.82) is 0 Å². The smallest absolute Gasteiger partial charge is 0.195 e. The number of carbonyl (C=O) groups is 1. The molecular weight excluding hydrogens is 268 g/mol. The Hall–Kier alpha value is -0.840. The van der Waals surface area contributed by atoms with Crippen LogP contribution in [0, 0.1) is 0 Å². The number of benzene rings is 2. The Labute approximate surface area is 116 Å². The van der Waals surface area contributed by atoms with Gasteiger partial charge in [-0.1, -0.05) is 30.3 Å². The average Bonchev–Trinajstić information content (AvgIpc) is 2.28. The quantitative estimate of drug-likeness (QED) is 0.563. The van der Waals surface area contributed by atoms with Crippen molar-refractivity contribution in [2.75, 3.05) is 0 Å². The molecular formula is C13H10OS3. The van der Waals surface area contributed by atoms with E-state index in [-0.39, 0.29) is 5.78 Å². The van der Waals surface area contributed by atoms with Crippen LogP contribution in [0.25, 0.3) is 0 Å². The van der Waals surface area contributed by atoms with Gasteiger partial charge in [0.05, 0.1) is 0 Å². The van der Waals surface area contributed by atoms with Crippen LogP contribution in [0.5, 0.6) is 0 Å². The Morgan fingerprint density at radius 2 is 1.41 bits per heavy atom. The van der Waals surface area contributed by atoms with Crippen LogP contribution in [0.3, 0.4) is 0 Å². The topological polar surface area (TPSA) is 17.1 Å². The van der Waals surface area contributed by atoms with E-state index in [2.05, 4.69) is 37.9 Å². The van der Waals surface area contributed by atoms with E-state index < -0.39 is 0 Å². The summed E-state index contributed by atoms with van der Waals surface area (Å²) in [4.78, 5) is 14.2. The van der Waals surface area contributed by atoms with E-state index in [1.54, 1.807) is 24.3 Å². The number of ketones is 1. The third kappa shape index (κ3) is 2.70. The second-order valence-electron chi connectivity index (χ2n) is 3.55. The first-order chi connectivity index (χ1) is 8.09. The van der Waals surface area contributed by atoms with Gasteiger partial charge >= 0.3 is 0 Å². The Balaban J connectivity index is 2.52. The molecule has 0 saturated carbocycles. The minimum absolute atomic E-state index is 0.0751. The lowest BCUT2D eigenvalue weighted by Crippen LogP contribution is -2.03. The van der Waals surface area contributed by atoms with Crippen LogP contribution in [0.4, 0.5) is 0 Å². The predicted molar refractivity (Wildman–Crippen MR) is 78.1 cm³/mol. The van der Waals surface area contributed by atoms with Crippen molar-refractivity contribution in [3.63, 3.8) is 0 Å². The number of rotatable bonds is 2. The van der Waals surface area contributed by atoms with Crippen molar-refractivity contribution in [3.8, 4) is 0 Å². The van der Waals surface area contributed by atoms with Gasteiger partial charge in [0.25, 0.3) is 0 Å². The minimum Gasteiger partial charge on any atom is -0.289 e. The van der Waals surface area contributed by atoms with E-state index in [0.29, 0.717) is 20.9 Å². The zero-order chi connectivity index (χ0) is 12.4. The van der Waals surface area contributed by atoms with Gasteiger partial charge in [-0.3, -0.25) is 4.79 Å². The number of hydrogen-bond acceptors (Lipinski definition) is 4. The van der Waals surface area contributed by atoms with Crippen LogP contribution in [-0.2, 0) is 0 Å². The van der Waals surface area contributed by atoms with Crippen molar-refractivity contribution < 1.29 is 4.79 Å². The summed E-state index contributed by atoms with van der Waals surface area (Å²) in [6, 6.07) is 12.6. The van der Waals surface area contributed by atoms with Gasteiger partial charge in [-0.2, -0.15) is 0 Å². The van der Waals surface area contributed by atoms with Crippen LogP contribution in [-0.4, -0.2) is 5.78 Å². The molecule has 2 rings (SSSR count). The molecule has 0 aliphatic carbocycles. The summed E-state index contributed by atoms with van der Waals surface area (Å²) in [5, 5.41) is 0. The molecule has 0 aliphatic rings. The van der Waals surface area contributed by atoms with Gasteiger partial charge in [0.15, 0.2) is 5.78 Å². The maximum atomic E-state index is 12.3. The van der Waals surface area contributed by atoms with Crippen molar-refractivity contribution in [3.05, 3.63) is 53.6 Å². The van der Waals surface area contributed by atoms with Gasteiger partial charge in [-0.05, 0) is 12.1 Å². The Morgan fingerprint density at radius 1 is 0.882 bits per heavy atom. The summed E-state index contributed by atoms with van der Waals surface area (Å²) >= 11 is 12.8. The van der Waals surface area contributed by atoms with Crippen LogP contribution < -0.4 is 0 Å². The first-order valence-corrected chi connectivity index (χ1v) is 6.28. The molecule has 0 radical (unpaired) electrons. The second-order valence-corrected chi connectivity index (χ2v) is 5.03. The summed E-state index contributed by atoms with van der Waals surface area (Å²) in [7, 11) is 0. The fourth-order valence-electron chi connectivity index (χ4n) is 1.56. The van der Waals surface area contributed by atoms with Gasteiger partial charge in [-0.25, -0.2) is 0 Å². The lowest BCUT2D eigenvalue weighted by molar-refractivity contribution is 0.103. The average molecular weight is 278 g/mol. The van der Waals surface area contributed by atoms with Crippen LogP contribution >= 0.6 is 37.9 Å². The van der Waals surface area contributed by atoms with Crippen LogP contribution in [0.15, 0.2) is 57.2 Å². The lowest BCUT2D eigenvalue weighted by atomic mass is 10.0. The van der Waals surface area contributed by atoms with Gasteiger partial charge in [-0.15, -0.1) is 37.9 Å². The minimum atomic E-state index is -0.0751. The molecule has 0 atom stereocenters. The normalized spacial score (nSPS) is 10.3. The van der Waals surface area contributed by atoms with Gasteiger partial charge in [0.2, 0.25) is 0 Å². The SMILES string of the molecule is O=C(c1ccccc1)c1c(S)cc(S)cc1S. The molecule has 17 heavy (non-hydrogen) atoms. The molecule has 86 valence electrons. The van der Waals surface area contributed by atoms with Crippen molar-refractivity contribution >= 4 is 43.7 Å². The summed E-state index contributed by atoms with van der Waals surface area (Å²) in [5.74, 6) is -0.0751. The highest BCUT2D eigenvalue weighted by Gasteiger charge is 2.15. The molecule has 1 nitrogen and oxygen atoms in total. The van der Waals surface area contributed by atoms with E-state index >= 15 is 0 Å². The Morgan fingerprint density at radius 3 is 1.94 bits per heavy atom. The molecule has 0 fully saturated rings. The highest BCUT2D eigenvalue weighted by atomic mass is 32.1. The number of hydrogen-bond donors (Lipinski definition) is 3. The number of thiol groups is 3. The molecule has 2 aromatic rings. The largest absolute Gasteiger partial charge is 0.289 e. The Bertz CT molecular complexity index is 541. The monoisotopic (exact) mass is 278 g/mol. The van der Waals surface area contributed by atoms with Crippen molar-refractivity contribution in [1.82, 2.24) is 0 Å². The van der Waals surface area contributed by atoms with Crippen molar-refractivity contribution in [2.24, 2.45) is 0 Å². The maximum absolute atomic E-state index is 12.3. The highest BCUT2D eigenvalue weighted by Crippen LogP contribution is 2.27. The molecule has 0 heterocycles. The Kier molecular flexibility index (Phi) is 3.86. The van der Waals surface area contributed by atoms with E-state index in [1.807, 2.05) is 18.2 Å². The van der Waals surface area contributed by atoms with Gasteiger partial charge < -0.3 is 0 Å². The van der Waals surface area contributed by atoms with Crippen LogP contribution in [0.1, 0.15) is 15.9 Å². The third-order valence-corrected chi connectivity index (χ3v) is 3.31. The molecule has 0 bridgehead atoms. The second kappa shape index (κ2) is 5.21. The lowest BCUT2D eigenvalue weighted by Gasteiger charge is -2.08. The zero-order valence-corrected chi connectivity index (χ0v) is 11.5. The summed E-state index contributed by atoms with van der Waals surface area (Å²) in [6.07, 6.45) is 0. The highest BCUT2D eigenvalue weighted by molar-refractivity contribution is 7.82. The number of carbonyl (C=O) groups excluding carboxylic acids is 1. The van der Waals surface area contributed by atoms with E-state index in [4.69, 9.17) is 0 Å². The molecule has 0 unspecified atom stereocenters. The standard InChI is InChI=1S/C13H10OS3/c14-13(8-4-2-1-3-5-8)12-10(16)6-9(15)7-11(12)17/h1-7,15-17H. The molecule has 2 aromatic carbocycles. The first kappa shape index (κ1) is 12.6. The molecule has 4 heteroatoms. The van der Waals surface area contributed by atoms with Crippen molar-refractivity contribution in [2.45, 2.75) is 14.7 Å². The van der Waals surface area contributed by atoms with E-state index in [0.717, 1.165) is 4.90 Å². The molecule has 0 aromatic heterocycles. The van der Waals surface area contributed by atoms with Gasteiger partial charge in [0, 0.05) is 25.8 Å². The fourth-order valence-corrected chi connectivity index (χ4v) is 2.84. The first-order valence-electron chi connectivity index (χ1n) is 4.94. The summed E-state index contributed by atoms with van der Waals surface area (Å²) in [5.41, 5.74) is 1.14. The molecule has 0 spiro atoms. The maximum Gasteiger partial charge on any atom is 0.195 e. The summed E-state index contributed by atoms with van der Waals surface area (Å²) in [6.45, 7) is 0. The molecule has 0 aliphatic heterocycles. The van der Waals surface area contributed by atoms with E-state index in [1.165, 1.54) is 0 Å². The zero-order valence-electron chi connectivity index (χ0n) is 8.79. The molecule has 0 N–H and O–H groups in total.